The summed E-state index contributed by atoms with van der Waals surface area (Å²) in [5.74, 6) is 1.88. The molecule has 7 heteroatoms. The Bertz CT molecular complexity index is 197. The van der Waals surface area contributed by atoms with Crippen LogP contribution < -0.4 is 10.6 Å². The quantitative estimate of drug-likeness (QED) is 0.678. The van der Waals surface area contributed by atoms with Gasteiger partial charge in [0.2, 0.25) is 0 Å². The number of nitrogens with zero attached hydrogens (tertiary/aromatic N) is 2. The molecule has 0 amide bonds. The van der Waals surface area contributed by atoms with Gasteiger partial charge in [-0.05, 0) is 0 Å². The summed E-state index contributed by atoms with van der Waals surface area (Å²) in [6, 6.07) is 0. The van der Waals surface area contributed by atoms with Gasteiger partial charge < -0.3 is 10.6 Å². The van der Waals surface area contributed by atoms with Gasteiger partial charge in [0.15, 0.2) is 11.7 Å². The number of rotatable bonds is 1. The molecule has 4 nitrogen and oxygen atoms in total. The fraction of sp³-hybridized carbons (Fsp3) is 0.667. The van der Waals surface area contributed by atoms with Crippen molar-refractivity contribution in [2.75, 3.05) is 26.2 Å². The fourth-order valence-corrected chi connectivity index (χ4v) is 1.11. The molecule has 0 spiro atoms. The molecule has 0 unspecified atom stereocenters. The van der Waals surface area contributed by atoms with Crippen molar-refractivity contribution in [3.8, 4) is 0 Å². The molecule has 0 aromatic heterocycles. The molecule has 0 fully saturated rings. The van der Waals surface area contributed by atoms with Crippen molar-refractivity contribution in [1.29, 1.82) is 0 Å². The van der Waals surface area contributed by atoms with E-state index in [4.69, 9.17) is 0 Å². The molecule has 0 aliphatic carbocycles. The van der Waals surface area contributed by atoms with Gasteiger partial charge in [-0.1, -0.05) is 0 Å². The second-order valence-electron chi connectivity index (χ2n) is 2.36. The van der Waals surface area contributed by atoms with Crippen LogP contribution in [0.15, 0.2) is 9.98 Å². The van der Waals surface area contributed by atoms with E-state index in [-0.39, 0.29) is 0 Å². The molecule has 0 radical (unpaired) electrons. The van der Waals surface area contributed by atoms with Crippen molar-refractivity contribution in [3.63, 3.8) is 0 Å². The molecule has 0 atom stereocenters. The molecule has 0 aromatic rings. The Kier molecular flexibility index (Phi) is 5.55. The first kappa shape index (κ1) is 11.1. The normalized spacial score (nSPS) is 19.5. The van der Waals surface area contributed by atoms with Crippen molar-refractivity contribution in [2.45, 2.75) is 0 Å². The van der Waals surface area contributed by atoms with Gasteiger partial charge in [-0.25, -0.2) is 0 Å². The number of aliphatic imine (C=N–C) groups is 2. The molecule has 2 aliphatic heterocycles. The maximum absolute atomic E-state index is 4.67. The van der Waals surface area contributed by atoms with Crippen LogP contribution in [0.4, 0.5) is 0 Å². The van der Waals surface area contributed by atoms with Gasteiger partial charge in [0.05, 0.1) is 13.1 Å². The molecule has 2 N–H and O–H groups in total. The molecule has 0 saturated heterocycles. The second-order valence-corrected chi connectivity index (χ2v) is 3.91. The van der Waals surface area contributed by atoms with E-state index < -0.39 is 0 Å². The van der Waals surface area contributed by atoms with Crippen molar-refractivity contribution < 1.29 is 13.1 Å². The van der Waals surface area contributed by atoms with Crippen LogP contribution in [-0.4, -0.2) is 37.9 Å². The Hall–Kier alpha value is 0.0395. The summed E-state index contributed by atoms with van der Waals surface area (Å²) in [6.45, 7) is 3.68. The molecule has 2 rings (SSSR count). The van der Waals surface area contributed by atoms with Crippen molar-refractivity contribution in [2.24, 2.45) is 9.98 Å². The summed E-state index contributed by atoms with van der Waals surface area (Å²) >= 11 is 0.757. The van der Waals surface area contributed by atoms with Gasteiger partial charge in [-0.2, -0.15) is 0 Å². The Morgan fingerprint density at radius 2 is 1.38 bits per heavy atom. The van der Waals surface area contributed by atoms with Gasteiger partial charge in [-0.3, -0.25) is 9.98 Å². The van der Waals surface area contributed by atoms with Crippen LogP contribution in [0.2, 0.25) is 0 Å². The van der Waals surface area contributed by atoms with Gasteiger partial charge >= 0.3 is 33.3 Å². The minimum atomic E-state index is 0.757. The number of halogens is 2. The molecule has 0 saturated carbocycles. The SMILES string of the molecule is C1CNC(C2=NCCN2)=N1.[Cl][Cu][Cl]. The zero-order valence-corrected chi connectivity index (χ0v) is 9.23. The molecular weight excluding hydrogens is 263 g/mol. The molecule has 79 valence electrons. The first-order chi connectivity index (χ1) is 6.38. The summed E-state index contributed by atoms with van der Waals surface area (Å²) < 4.78 is 0. The maximum atomic E-state index is 4.67. The zero-order valence-electron chi connectivity index (χ0n) is 6.78. The van der Waals surface area contributed by atoms with E-state index in [9.17, 15) is 0 Å². The average Bonchev–Trinajstić information content (AvgIpc) is 2.78. The van der Waals surface area contributed by atoms with Gasteiger partial charge in [0.25, 0.3) is 0 Å². The molecule has 2 heterocycles. The zero-order chi connectivity index (χ0) is 9.52. The molecule has 0 bridgehead atoms. The third-order valence-electron chi connectivity index (χ3n) is 1.57. The Morgan fingerprint density at radius 3 is 1.62 bits per heavy atom. The van der Waals surface area contributed by atoms with E-state index in [1.165, 1.54) is 0 Å². The van der Waals surface area contributed by atoms with E-state index in [2.05, 4.69) is 40.8 Å². The van der Waals surface area contributed by atoms with Crippen LogP contribution in [-0.2, 0) is 13.1 Å². The molecule has 13 heavy (non-hydrogen) atoms. The Labute approximate surface area is 91.8 Å². The van der Waals surface area contributed by atoms with Crippen LogP contribution in [0.5, 0.6) is 0 Å². The number of hydrogen-bond donors (Lipinski definition) is 2. The molecule has 2 aliphatic rings. The van der Waals surface area contributed by atoms with Crippen LogP contribution in [0.3, 0.4) is 0 Å². The van der Waals surface area contributed by atoms with Gasteiger partial charge in [0.1, 0.15) is 0 Å². The van der Waals surface area contributed by atoms with Crippen LogP contribution in [0.1, 0.15) is 0 Å². The minimum absolute atomic E-state index is 0.757. The summed E-state index contributed by atoms with van der Waals surface area (Å²) in [7, 11) is 9.34. The number of nitrogens with one attached hydrogen (secondary N) is 2. The average molecular weight is 273 g/mol. The summed E-state index contributed by atoms with van der Waals surface area (Å²) in [6.07, 6.45) is 0. The predicted octanol–water partition coefficient (Wildman–Crippen LogP) is 0.366. The monoisotopic (exact) mass is 271 g/mol. The standard InChI is InChI=1S/C6H10N4.2ClH.Cu/c1-2-8-5(7-1)6-9-3-4-10-6;;;/h1-4H2,(H,7,8)(H,9,10);2*1H;/q;;;+2/p-2. The third kappa shape index (κ3) is 3.73. The topological polar surface area (TPSA) is 48.8 Å². The van der Waals surface area contributed by atoms with Gasteiger partial charge in [-0.15, -0.1) is 0 Å². The van der Waals surface area contributed by atoms with Crippen molar-refractivity contribution >= 4 is 31.9 Å². The second kappa shape index (κ2) is 6.49. The van der Waals surface area contributed by atoms with E-state index in [1.54, 1.807) is 0 Å². The van der Waals surface area contributed by atoms with Crippen LogP contribution in [0, 0.1) is 0 Å². The van der Waals surface area contributed by atoms with Crippen molar-refractivity contribution in [1.82, 2.24) is 10.6 Å². The van der Waals surface area contributed by atoms with E-state index in [0.29, 0.717) is 0 Å². The summed E-state index contributed by atoms with van der Waals surface area (Å²) in [4.78, 5) is 8.46. The van der Waals surface area contributed by atoms with Crippen molar-refractivity contribution in [3.05, 3.63) is 0 Å². The Balaban J connectivity index is 0.000000251. The molecule has 0 aromatic carbocycles. The van der Waals surface area contributed by atoms with Crippen LogP contribution >= 0.6 is 20.2 Å². The first-order valence-electron chi connectivity index (χ1n) is 3.76. The third-order valence-corrected chi connectivity index (χ3v) is 1.57. The number of amidine groups is 2. The van der Waals surface area contributed by atoms with Gasteiger partial charge in [0, 0.05) is 13.1 Å². The molecular formula is C6H10Cl2CuN4. The summed E-state index contributed by atoms with van der Waals surface area (Å²) in [5, 5.41) is 6.31. The van der Waals surface area contributed by atoms with E-state index in [0.717, 1.165) is 51.0 Å². The van der Waals surface area contributed by atoms with E-state index in [1.807, 2.05) is 0 Å². The summed E-state index contributed by atoms with van der Waals surface area (Å²) in [5.41, 5.74) is 0. The van der Waals surface area contributed by atoms with Crippen LogP contribution in [0.25, 0.3) is 0 Å². The predicted molar refractivity (Wildman–Crippen MR) is 52.3 cm³/mol. The van der Waals surface area contributed by atoms with E-state index >= 15 is 0 Å². The number of hydrogen-bond acceptors (Lipinski definition) is 4. The first-order valence-corrected chi connectivity index (χ1v) is 6.36. The Morgan fingerprint density at radius 1 is 1.00 bits per heavy atom. The fourth-order valence-electron chi connectivity index (χ4n) is 1.11.